The molecule has 2 rings (SSSR count). The van der Waals surface area contributed by atoms with Crippen molar-refractivity contribution in [2.24, 2.45) is 0 Å². The molecule has 2 N–H and O–H groups in total. The third-order valence-corrected chi connectivity index (χ3v) is 3.32. The minimum absolute atomic E-state index is 0.0479. The van der Waals surface area contributed by atoms with Crippen LogP contribution >= 0.6 is 0 Å². The summed E-state index contributed by atoms with van der Waals surface area (Å²) in [6, 6.07) is 15.2. The Morgan fingerprint density at radius 1 is 1.04 bits per heavy atom. The summed E-state index contributed by atoms with van der Waals surface area (Å²) < 4.78 is 11.0. The van der Waals surface area contributed by atoms with E-state index in [1.807, 2.05) is 62.4 Å². The number of nitrogens with one attached hydrogen (secondary N) is 2. The smallest absolute Gasteiger partial charge is 0.238 e. The van der Waals surface area contributed by atoms with Gasteiger partial charge in [-0.05, 0) is 32.0 Å². The minimum Gasteiger partial charge on any atom is -0.496 e. The molecule has 5 nitrogen and oxygen atoms in total. The lowest BCUT2D eigenvalue weighted by atomic mass is 10.2. The number of ether oxygens (including phenoxy) is 2. The molecule has 2 aromatic carbocycles. The first-order chi connectivity index (χ1) is 11.6. The van der Waals surface area contributed by atoms with Crippen molar-refractivity contribution in [2.45, 2.75) is 26.5 Å². The van der Waals surface area contributed by atoms with Gasteiger partial charge in [0.2, 0.25) is 5.91 Å². The molecule has 0 spiro atoms. The fraction of sp³-hybridized carbons (Fsp3) is 0.316. The van der Waals surface area contributed by atoms with Gasteiger partial charge in [0.25, 0.3) is 0 Å². The molecule has 0 heterocycles. The summed E-state index contributed by atoms with van der Waals surface area (Å²) in [5.74, 6) is 1.36. The van der Waals surface area contributed by atoms with E-state index in [9.17, 15) is 4.79 Å². The zero-order valence-corrected chi connectivity index (χ0v) is 14.3. The Hall–Kier alpha value is -2.53. The van der Waals surface area contributed by atoms with Crippen molar-refractivity contribution in [3.63, 3.8) is 0 Å². The van der Waals surface area contributed by atoms with Crippen LogP contribution in [0.1, 0.15) is 19.4 Å². The van der Waals surface area contributed by atoms with E-state index in [1.54, 1.807) is 7.11 Å². The van der Waals surface area contributed by atoms with Crippen LogP contribution in [0.4, 0.5) is 5.69 Å². The average molecular weight is 328 g/mol. The number of methoxy groups -OCH3 is 1. The second-order valence-corrected chi connectivity index (χ2v) is 5.63. The third-order valence-electron chi connectivity index (χ3n) is 3.32. The lowest BCUT2D eigenvalue weighted by Gasteiger charge is -2.15. The van der Waals surface area contributed by atoms with Crippen molar-refractivity contribution >= 4 is 11.6 Å². The number of benzene rings is 2. The molecule has 2 aromatic rings. The molecule has 0 saturated carbocycles. The van der Waals surface area contributed by atoms with Crippen molar-refractivity contribution in [2.75, 3.05) is 19.0 Å². The monoisotopic (exact) mass is 328 g/mol. The Morgan fingerprint density at radius 2 is 1.71 bits per heavy atom. The van der Waals surface area contributed by atoms with Crippen LogP contribution in [0, 0.1) is 0 Å². The summed E-state index contributed by atoms with van der Waals surface area (Å²) >= 11 is 0. The van der Waals surface area contributed by atoms with Crippen LogP contribution in [0.15, 0.2) is 48.5 Å². The zero-order valence-electron chi connectivity index (χ0n) is 14.3. The predicted octanol–water partition coefficient (Wildman–Crippen LogP) is 3.21. The highest BCUT2D eigenvalue weighted by Crippen LogP contribution is 2.24. The van der Waals surface area contributed by atoms with Gasteiger partial charge in [-0.3, -0.25) is 4.79 Å². The van der Waals surface area contributed by atoms with Gasteiger partial charge in [-0.25, -0.2) is 0 Å². The Balaban J connectivity index is 1.88. The normalized spacial score (nSPS) is 10.5. The topological polar surface area (TPSA) is 59.6 Å². The van der Waals surface area contributed by atoms with Gasteiger partial charge < -0.3 is 20.1 Å². The standard InChI is InChI=1S/C19H24N2O3/c1-14(2)24-18-11-7-5-9-16(18)21-19(22)13-20-12-15-8-4-6-10-17(15)23-3/h4-11,14,20H,12-13H2,1-3H3,(H,21,22). The molecule has 0 unspecified atom stereocenters. The third kappa shape index (κ3) is 5.28. The SMILES string of the molecule is COc1ccccc1CNCC(=O)Nc1ccccc1OC(C)C. The van der Waals surface area contributed by atoms with Crippen LogP contribution < -0.4 is 20.1 Å². The van der Waals surface area contributed by atoms with E-state index in [1.165, 1.54) is 0 Å². The molecule has 5 heteroatoms. The second-order valence-electron chi connectivity index (χ2n) is 5.63. The summed E-state index contributed by atoms with van der Waals surface area (Å²) in [4.78, 5) is 12.1. The van der Waals surface area contributed by atoms with E-state index in [-0.39, 0.29) is 18.6 Å². The fourth-order valence-electron chi connectivity index (χ4n) is 2.28. The molecule has 0 aromatic heterocycles. The molecule has 128 valence electrons. The highest BCUT2D eigenvalue weighted by atomic mass is 16.5. The number of amides is 1. The number of carbonyl (C=O) groups is 1. The first-order valence-electron chi connectivity index (χ1n) is 7.98. The summed E-state index contributed by atoms with van der Waals surface area (Å²) in [6.07, 6.45) is 0.0479. The lowest BCUT2D eigenvalue weighted by molar-refractivity contribution is -0.115. The van der Waals surface area contributed by atoms with Crippen LogP contribution in [-0.4, -0.2) is 25.7 Å². The van der Waals surface area contributed by atoms with E-state index in [2.05, 4.69) is 10.6 Å². The van der Waals surface area contributed by atoms with Crippen molar-refractivity contribution in [1.82, 2.24) is 5.32 Å². The van der Waals surface area contributed by atoms with Crippen LogP contribution in [0.25, 0.3) is 0 Å². The van der Waals surface area contributed by atoms with Gasteiger partial charge >= 0.3 is 0 Å². The van der Waals surface area contributed by atoms with Gasteiger partial charge in [0.05, 0.1) is 25.4 Å². The second kappa shape index (κ2) is 8.93. The highest BCUT2D eigenvalue weighted by molar-refractivity contribution is 5.93. The quantitative estimate of drug-likeness (QED) is 0.781. The number of hydrogen-bond acceptors (Lipinski definition) is 4. The molecule has 0 bridgehead atoms. The molecule has 0 saturated heterocycles. The number of anilines is 1. The molecule has 0 aliphatic heterocycles. The predicted molar refractivity (Wildman–Crippen MR) is 95.5 cm³/mol. The van der Waals surface area contributed by atoms with E-state index in [4.69, 9.17) is 9.47 Å². The van der Waals surface area contributed by atoms with Gasteiger partial charge in [0, 0.05) is 12.1 Å². The highest BCUT2D eigenvalue weighted by Gasteiger charge is 2.09. The molecular weight excluding hydrogens is 304 g/mol. The Morgan fingerprint density at radius 3 is 2.42 bits per heavy atom. The summed E-state index contributed by atoms with van der Waals surface area (Å²) in [6.45, 7) is 4.66. The van der Waals surface area contributed by atoms with E-state index >= 15 is 0 Å². The first-order valence-corrected chi connectivity index (χ1v) is 7.98. The van der Waals surface area contributed by atoms with E-state index in [0.717, 1.165) is 11.3 Å². The van der Waals surface area contributed by atoms with Crippen molar-refractivity contribution in [3.8, 4) is 11.5 Å². The number of hydrogen-bond donors (Lipinski definition) is 2. The van der Waals surface area contributed by atoms with Crippen molar-refractivity contribution in [1.29, 1.82) is 0 Å². The molecule has 0 aliphatic rings. The molecule has 24 heavy (non-hydrogen) atoms. The fourth-order valence-corrected chi connectivity index (χ4v) is 2.28. The molecule has 0 fully saturated rings. The van der Waals surface area contributed by atoms with Gasteiger partial charge in [0.15, 0.2) is 0 Å². The minimum atomic E-state index is -0.121. The summed E-state index contributed by atoms with van der Waals surface area (Å²) in [5.41, 5.74) is 1.69. The van der Waals surface area contributed by atoms with Gasteiger partial charge in [-0.15, -0.1) is 0 Å². The van der Waals surface area contributed by atoms with Crippen LogP contribution in [0.3, 0.4) is 0 Å². The molecule has 0 aliphatic carbocycles. The molecular formula is C19H24N2O3. The Kier molecular flexibility index (Phi) is 6.63. The Labute approximate surface area is 143 Å². The van der Waals surface area contributed by atoms with Gasteiger partial charge in [0.1, 0.15) is 11.5 Å². The summed E-state index contributed by atoms with van der Waals surface area (Å²) in [7, 11) is 1.64. The van der Waals surface area contributed by atoms with Crippen LogP contribution in [-0.2, 0) is 11.3 Å². The zero-order chi connectivity index (χ0) is 17.4. The van der Waals surface area contributed by atoms with E-state index < -0.39 is 0 Å². The maximum absolute atomic E-state index is 12.1. The lowest BCUT2D eigenvalue weighted by Crippen LogP contribution is -2.28. The largest absolute Gasteiger partial charge is 0.496 e. The average Bonchev–Trinajstić information content (AvgIpc) is 2.56. The van der Waals surface area contributed by atoms with Crippen molar-refractivity contribution in [3.05, 3.63) is 54.1 Å². The van der Waals surface area contributed by atoms with Crippen LogP contribution in [0.5, 0.6) is 11.5 Å². The molecule has 0 radical (unpaired) electrons. The number of para-hydroxylation sites is 3. The van der Waals surface area contributed by atoms with Gasteiger partial charge in [-0.2, -0.15) is 0 Å². The maximum atomic E-state index is 12.1. The summed E-state index contributed by atoms with van der Waals surface area (Å²) in [5, 5.41) is 6.00. The molecule has 1 amide bonds. The Bertz CT molecular complexity index is 671. The van der Waals surface area contributed by atoms with E-state index in [0.29, 0.717) is 18.0 Å². The van der Waals surface area contributed by atoms with Gasteiger partial charge in [-0.1, -0.05) is 30.3 Å². The number of rotatable bonds is 8. The first kappa shape index (κ1) is 17.8. The van der Waals surface area contributed by atoms with Crippen molar-refractivity contribution < 1.29 is 14.3 Å². The van der Waals surface area contributed by atoms with Crippen LogP contribution in [0.2, 0.25) is 0 Å². The maximum Gasteiger partial charge on any atom is 0.238 e. The molecule has 0 atom stereocenters. The number of carbonyl (C=O) groups excluding carboxylic acids is 1.